The standard InChI is InChI=1S/C9H18O4S/c1-4-5-6-14(12,13)7-9(2,3)8(10)11/h4-7H2,1-3H3,(H,10,11). The SMILES string of the molecule is CCCCS(=O)(=O)CC(C)(C)C(=O)O. The molecule has 0 aliphatic carbocycles. The molecule has 1 N–H and O–H groups in total. The van der Waals surface area contributed by atoms with Crippen LogP contribution in [-0.4, -0.2) is 31.0 Å². The molecule has 0 atom stereocenters. The molecule has 0 aromatic heterocycles. The predicted octanol–water partition coefficient (Wildman–Crippen LogP) is 1.31. The van der Waals surface area contributed by atoms with Gasteiger partial charge in [0.2, 0.25) is 0 Å². The lowest BCUT2D eigenvalue weighted by Gasteiger charge is -2.18. The lowest BCUT2D eigenvalue weighted by Crippen LogP contribution is -2.33. The second kappa shape index (κ2) is 4.77. The van der Waals surface area contributed by atoms with Crippen LogP contribution in [-0.2, 0) is 14.6 Å². The molecule has 0 bridgehead atoms. The third-order valence-corrected chi connectivity index (χ3v) is 4.04. The van der Waals surface area contributed by atoms with Gasteiger partial charge in [-0.2, -0.15) is 0 Å². The smallest absolute Gasteiger partial charge is 0.310 e. The predicted molar refractivity (Wildman–Crippen MR) is 55.0 cm³/mol. The summed E-state index contributed by atoms with van der Waals surface area (Å²) in [5.74, 6) is -1.27. The largest absolute Gasteiger partial charge is 0.481 e. The fourth-order valence-electron chi connectivity index (χ4n) is 1.05. The highest BCUT2D eigenvalue weighted by atomic mass is 32.2. The topological polar surface area (TPSA) is 71.4 Å². The molecule has 0 aliphatic rings. The molecule has 0 saturated heterocycles. The minimum absolute atomic E-state index is 0.0835. The van der Waals surface area contributed by atoms with E-state index in [0.717, 1.165) is 6.42 Å². The van der Waals surface area contributed by atoms with E-state index >= 15 is 0 Å². The first kappa shape index (κ1) is 13.4. The van der Waals surface area contributed by atoms with Crippen LogP contribution in [0.3, 0.4) is 0 Å². The maximum Gasteiger partial charge on any atom is 0.310 e. The van der Waals surface area contributed by atoms with Crippen molar-refractivity contribution in [3.05, 3.63) is 0 Å². The van der Waals surface area contributed by atoms with Gasteiger partial charge >= 0.3 is 5.97 Å². The summed E-state index contributed by atoms with van der Waals surface area (Å²) < 4.78 is 22.9. The minimum atomic E-state index is -3.23. The van der Waals surface area contributed by atoms with Crippen molar-refractivity contribution >= 4 is 15.8 Å². The van der Waals surface area contributed by atoms with Gasteiger partial charge in [-0.3, -0.25) is 4.79 Å². The van der Waals surface area contributed by atoms with Gasteiger partial charge < -0.3 is 5.11 Å². The number of unbranched alkanes of at least 4 members (excludes halogenated alkanes) is 1. The number of hydrogen-bond acceptors (Lipinski definition) is 3. The van der Waals surface area contributed by atoms with Crippen LogP contribution < -0.4 is 0 Å². The van der Waals surface area contributed by atoms with E-state index in [4.69, 9.17) is 5.11 Å². The van der Waals surface area contributed by atoms with Crippen molar-refractivity contribution in [1.29, 1.82) is 0 Å². The first-order valence-electron chi connectivity index (χ1n) is 4.65. The summed E-state index contributed by atoms with van der Waals surface area (Å²) in [6.07, 6.45) is 1.39. The summed E-state index contributed by atoms with van der Waals surface area (Å²) in [7, 11) is -3.23. The van der Waals surface area contributed by atoms with E-state index in [9.17, 15) is 13.2 Å². The lowest BCUT2D eigenvalue weighted by atomic mass is 9.97. The Morgan fingerprint density at radius 1 is 1.36 bits per heavy atom. The number of aliphatic carboxylic acids is 1. The van der Waals surface area contributed by atoms with Gasteiger partial charge in [0.25, 0.3) is 0 Å². The fraction of sp³-hybridized carbons (Fsp3) is 0.889. The molecule has 4 nitrogen and oxygen atoms in total. The molecule has 0 rings (SSSR count). The molecule has 0 saturated carbocycles. The van der Waals surface area contributed by atoms with Gasteiger partial charge in [-0.1, -0.05) is 13.3 Å². The number of carboxylic acids is 1. The van der Waals surface area contributed by atoms with Gasteiger partial charge in [-0.15, -0.1) is 0 Å². The summed E-state index contributed by atoms with van der Waals surface area (Å²) in [6, 6.07) is 0. The van der Waals surface area contributed by atoms with Crippen molar-refractivity contribution in [2.75, 3.05) is 11.5 Å². The van der Waals surface area contributed by atoms with Crippen LogP contribution in [0.1, 0.15) is 33.6 Å². The summed E-state index contributed by atoms with van der Waals surface area (Å²) in [6.45, 7) is 4.76. The maximum absolute atomic E-state index is 11.4. The van der Waals surface area contributed by atoms with Crippen LogP contribution in [0.2, 0.25) is 0 Å². The van der Waals surface area contributed by atoms with Crippen molar-refractivity contribution in [3.8, 4) is 0 Å². The van der Waals surface area contributed by atoms with E-state index in [-0.39, 0.29) is 11.5 Å². The summed E-state index contributed by atoms with van der Waals surface area (Å²) in [5, 5.41) is 8.77. The third kappa shape index (κ3) is 4.60. The van der Waals surface area contributed by atoms with E-state index < -0.39 is 21.2 Å². The first-order chi connectivity index (χ1) is 6.21. The summed E-state index contributed by atoms with van der Waals surface area (Å²) in [4.78, 5) is 10.7. The van der Waals surface area contributed by atoms with E-state index in [1.54, 1.807) is 0 Å². The Labute approximate surface area is 85.2 Å². The minimum Gasteiger partial charge on any atom is -0.481 e. The highest BCUT2D eigenvalue weighted by Gasteiger charge is 2.32. The van der Waals surface area contributed by atoms with Crippen molar-refractivity contribution in [2.24, 2.45) is 5.41 Å². The molecule has 0 aromatic rings. The summed E-state index contributed by atoms with van der Waals surface area (Å²) >= 11 is 0. The molecule has 84 valence electrons. The van der Waals surface area contributed by atoms with Crippen LogP contribution >= 0.6 is 0 Å². The number of rotatable bonds is 6. The van der Waals surface area contributed by atoms with Gasteiger partial charge in [0.1, 0.15) is 0 Å². The maximum atomic E-state index is 11.4. The van der Waals surface area contributed by atoms with Crippen LogP contribution in [0.5, 0.6) is 0 Å². The fourth-order valence-corrected chi connectivity index (χ4v) is 3.14. The monoisotopic (exact) mass is 222 g/mol. The third-order valence-electron chi connectivity index (χ3n) is 1.97. The number of sulfone groups is 1. The number of hydrogen-bond donors (Lipinski definition) is 1. The van der Waals surface area contributed by atoms with Crippen molar-refractivity contribution in [1.82, 2.24) is 0 Å². The second-order valence-corrected chi connectivity index (χ2v) is 6.32. The van der Waals surface area contributed by atoms with E-state index in [2.05, 4.69) is 0 Å². The molecule has 0 aromatic carbocycles. The molecular formula is C9H18O4S. The van der Waals surface area contributed by atoms with Crippen LogP contribution in [0.4, 0.5) is 0 Å². The van der Waals surface area contributed by atoms with Gasteiger partial charge in [-0.05, 0) is 20.3 Å². The molecule has 5 heteroatoms. The average molecular weight is 222 g/mol. The Kier molecular flexibility index (Phi) is 4.58. The Morgan fingerprint density at radius 3 is 2.21 bits per heavy atom. The number of carboxylic acid groups (broad SMARTS) is 1. The Balaban J connectivity index is 4.43. The van der Waals surface area contributed by atoms with Crippen molar-refractivity contribution < 1.29 is 18.3 Å². The highest BCUT2D eigenvalue weighted by Crippen LogP contribution is 2.19. The van der Waals surface area contributed by atoms with Gasteiger partial charge in [-0.25, -0.2) is 8.42 Å². The molecule has 0 fully saturated rings. The molecule has 0 unspecified atom stereocenters. The second-order valence-electron chi connectivity index (χ2n) is 4.13. The number of carbonyl (C=O) groups is 1. The zero-order valence-electron chi connectivity index (χ0n) is 8.91. The molecule has 0 radical (unpaired) electrons. The van der Waals surface area contributed by atoms with Gasteiger partial charge in [0.05, 0.1) is 16.9 Å². The van der Waals surface area contributed by atoms with E-state index in [0.29, 0.717) is 6.42 Å². The van der Waals surface area contributed by atoms with Crippen molar-refractivity contribution in [2.45, 2.75) is 33.6 Å². The average Bonchev–Trinajstić information content (AvgIpc) is 1.99. The molecule has 0 amide bonds. The van der Waals surface area contributed by atoms with Crippen LogP contribution in [0, 0.1) is 5.41 Å². The zero-order chi connectivity index (χ0) is 11.4. The van der Waals surface area contributed by atoms with Crippen LogP contribution in [0.15, 0.2) is 0 Å². The van der Waals surface area contributed by atoms with E-state index in [1.165, 1.54) is 13.8 Å². The zero-order valence-corrected chi connectivity index (χ0v) is 9.73. The molecule has 0 aliphatic heterocycles. The quantitative estimate of drug-likeness (QED) is 0.735. The Bertz CT molecular complexity index is 290. The van der Waals surface area contributed by atoms with Crippen LogP contribution in [0.25, 0.3) is 0 Å². The molecular weight excluding hydrogens is 204 g/mol. The summed E-state index contributed by atoms with van der Waals surface area (Å²) in [5.41, 5.74) is -1.19. The van der Waals surface area contributed by atoms with E-state index in [1.807, 2.05) is 6.92 Å². The normalized spacial score (nSPS) is 12.8. The first-order valence-corrected chi connectivity index (χ1v) is 6.47. The van der Waals surface area contributed by atoms with Crippen molar-refractivity contribution in [3.63, 3.8) is 0 Å². The van der Waals surface area contributed by atoms with Gasteiger partial charge in [0, 0.05) is 0 Å². The Morgan fingerprint density at radius 2 is 1.86 bits per heavy atom. The lowest BCUT2D eigenvalue weighted by molar-refractivity contribution is -0.145. The van der Waals surface area contributed by atoms with Gasteiger partial charge in [0.15, 0.2) is 9.84 Å². The Hall–Kier alpha value is -0.580. The molecule has 14 heavy (non-hydrogen) atoms. The molecule has 0 spiro atoms. The highest BCUT2D eigenvalue weighted by molar-refractivity contribution is 7.91. The molecule has 0 heterocycles.